The van der Waals surface area contributed by atoms with Gasteiger partial charge in [-0.05, 0) is 49.1 Å². The minimum absolute atomic E-state index is 0.0750. The Hall–Kier alpha value is -2.51. The second kappa shape index (κ2) is 12.1. The van der Waals surface area contributed by atoms with E-state index < -0.39 is 0 Å². The van der Waals surface area contributed by atoms with E-state index in [-0.39, 0.29) is 5.91 Å². The summed E-state index contributed by atoms with van der Waals surface area (Å²) in [6.07, 6.45) is 3.65. The molecule has 1 fully saturated rings. The van der Waals surface area contributed by atoms with Gasteiger partial charge in [0.1, 0.15) is 10.1 Å². The second-order valence-electron chi connectivity index (χ2n) is 7.73. The first kappa shape index (κ1) is 25.1. The number of nitrogens with zero attached hydrogens (tertiary/aromatic N) is 1. The van der Waals surface area contributed by atoms with Crippen molar-refractivity contribution in [3.05, 3.63) is 58.5 Å². The Morgan fingerprint density at radius 2 is 1.82 bits per heavy atom. The second-order valence-corrected chi connectivity index (χ2v) is 9.41. The maximum Gasteiger partial charge on any atom is 0.266 e. The van der Waals surface area contributed by atoms with Crippen molar-refractivity contribution in [3.8, 4) is 17.2 Å². The maximum atomic E-state index is 12.6. The lowest BCUT2D eigenvalue weighted by atomic mass is 9.99. The molecule has 1 aliphatic rings. The Labute approximate surface area is 206 Å². The van der Waals surface area contributed by atoms with Gasteiger partial charge in [-0.3, -0.25) is 9.69 Å². The Morgan fingerprint density at radius 3 is 2.45 bits per heavy atom. The zero-order valence-corrected chi connectivity index (χ0v) is 21.3. The van der Waals surface area contributed by atoms with Gasteiger partial charge in [0.2, 0.25) is 0 Å². The first-order valence-corrected chi connectivity index (χ1v) is 12.5. The van der Waals surface area contributed by atoms with E-state index in [1.54, 1.807) is 12.0 Å². The van der Waals surface area contributed by atoms with E-state index in [1.807, 2.05) is 43.3 Å². The van der Waals surface area contributed by atoms with Crippen LogP contribution in [0, 0.1) is 0 Å². The van der Waals surface area contributed by atoms with E-state index in [2.05, 4.69) is 26.0 Å². The van der Waals surface area contributed by atoms with Crippen molar-refractivity contribution in [2.45, 2.75) is 39.5 Å². The molecule has 0 N–H and O–H groups in total. The molecule has 1 heterocycles. The summed E-state index contributed by atoms with van der Waals surface area (Å²) in [7, 11) is 1.61. The van der Waals surface area contributed by atoms with Crippen molar-refractivity contribution in [1.82, 2.24) is 4.90 Å². The fraction of sp³-hybridized carbons (Fsp3) is 0.385. The average Bonchev–Trinajstić information content (AvgIpc) is 3.11. The van der Waals surface area contributed by atoms with Crippen LogP contribution in [-0.4, -0.2) is 42.0 Å². The van der Waals surface area contributed by atoms with E-state index in [0.717, 1.165) is 17.7 Å². The van der Waals surface area contributed by atoms with Crippen LogP contribution in [-0.2, 0) is 4.79 Å². The van der Waals surface area contributed by atoms with E-state index in [9.17, 15) is 4.79 Å². The van der Waals surface area contributed by atoms with Crippen LogP contribution in [0.15, 0.2) is 47.4 Å². The minimum Gasteiger partial charge on any atom is -0.493 e. The molecule has 2 aromatic rings. The molecular formula is C26H31NO4S2. The molecule has 33 heavy (non-hydrogen) atoms. The summed E-state index contributed by atoms with van der Waals surface area (Å²) in [5.74, 6) is 2.57. The lowest BCUT2D eigenvalue weighted by Gasteiger charge is -2.14. The van der Waals surface area contributed by atoms with Gasteiger partial charge in [0.15, 0.2) is 11.5 Å². The summed E-state index contributed by atoms with van der Waals surface area (Å²) in [6.45, 7) is 7.90. The molecule has 1 aliphatic heterocycles. The van der Waals surface area contributed by atoms with Crippen LogP contribution in [0.25, 0.3) is 6.08 Å². The quantitative estimate of drug-likeness (QED) is 0.212. The first-order valence-electron chi connectivity index (χ1n) is 11.3. The number of likely N-dealkylation sites (N-methyl/N-ethyl adjacent to an activating group) is 1. The smallest absolute Gasteiger partial charge is 0.266 e. The van der Waals surface area contributed by atoms with Gasteiger partial charge in [-0.15, -0.1) is 0 Å². The highest BCUT2D eigenvalue weighted by Gasteiger charge is 2.31. The number of thiocarbonyl (C=S) groups is 1. The average molecular weight is 486 g/mol. The molecular weight excluding hydrogens is 454 g/mol. The predicted molar refractivity (Wildman–Crippen MR) is 139 cm³/mol. The molecule has 0 radical (unpaired) electrons. The van der Waals surface area contributed by atoms with E-state index in [1.165, 1.54) is 17.3 Å². The van der Waals surface area contributed by atoms with Crippen LogP contribution in [0.2, 0.25) is 0 Å². The topological polar surface area (TPSA) is 48.0 Å². The third kappa shape index (κ3) is 6.30. The Morgan fingerprint density at radius 1 is 1.09 bits per heavy atom. The molecule has 3 rings (SSSR count). The van der Waals surface area contributed by atoms with Crippen LogP contribution >= 0.6 is 24.0 Å². The summed E-state index contributed by atoms with van der Waals surface area (Å²) in [6, 6.07) is 13.9. The third-order valence-electron chi connectivity index (χ3n) is 5.57. The summed E-state index contributed by atoms with van der Waals surface area (Å²) in [4.78, 5) is 14.8. The SMILES string of the molecule is CC[C@H](C)c1ccc(OCCCOc2c(/C=C3\SC(=S)N(CC)C3=O)cccc2OC)cc1. The summed E-state index contributed by atoms with van der Waals surface area (Å²) >= 11 is 6.62. The lowest BCUT2D eigenvalue weighted by Crippen LogP contribution is -2.27. The normalized spacial score (nSPS) is 15.8. The highest BCUT2D eigenvalue weighted by molar-refractivity contribution is 8.26. The molecule has 1 amide bonds. The summed E-state index contributed by atoms with van der Waals surface area (Å²) in [5.41, 5.74) is 2.11. The van der Waals surface area contributed by atoms with Crippen molar-refractivity contribution < 1.29 is 19.0 Å². The standard InChI is InChI=1S/C26H31NO4S2/c1-5-18(3)19-11-13-21(14-12-19)30-15-8-16-31-24-20(9-7-10-22(24)29-4)17-23-25(28)27(6-2)26(32)33-23/h7,9-14,17-18H,5-6,8,15-16H2,1-4H3/b23-17-/t18-/m0/s1. The number of ether oxygens (including phenoxy) is 3. The number of hydrogen-bond donors (Lipinski definition) is 0. The van der Waals surface area contributed by atoms with Crippen LogP contribution in [0.5, 0.6) is 17.2 Å². The van der Waals surface area contributed by atoms with Gasteiger partial charge < -0.3 is 14.2 Å². The van der Waals surface area contributed by atoms with Gasteiger partial charge in [-0.2, -0.15) is 0 Å². The van der Waals surface area contributed by atoms with Gasteiger partial charge in [-0.25, -0.2) is 0 Å². The number of benzene rings is 2. The molecule has 0 aliphatic carbocycles. The molecule has 0 spiro atoms. The van der Waals surface area contributed by atoms with Crippen molar-refractivity contribution in [1.29, 1.82) is 0 Å². The minimum atomic E-state index is -0.0750. The molecule has 0 unspecified atom stereocenters. The lowest BCUT2D eigenvalue weighted by molar-refractivity contribution is -0.121. The van der Waals surface area contributed by atoms with Crippen LogP contribution in [0.4, 0.5) is 0 Å². The molecule has 0 saturated carbocycles. The number of carbonyl (C=O) groups excluding carboxylic acids is 1. The number of thioether (sulfide) groups is 1. The third-order valence-corrected chi connectivity index (χ3v) is 6.95. The molecule has 1 atom stereocenters. The van der Waals surface area contributed by atoms with E-state index >= 15 is 0 Å². The van der Waals surface area contributed by atoms with Crippen molar-refractivity contribution in [2.24, 2.45) is 0 Å². The Kier molecular flexibility index (Phi) is 9.21. The Bertz CT molecular complexity index is 1000. The van der Waals surface area contributed by atoms with Crippen molar-refractivity contribution in [2.75, 3.05) is 26.9 Å². The van der Waals surface area contributed by atoms with Crippen LogP contribution < -0.4 is 14.2 Å². The van der Waals surface area contributed by atoms with Crippen LogP contribution in [0.3, 0.4) is 0 Å². The molecule has 176 valence electrons. The zero-order chi connectivity index (χ0) is 23.8. The highest BCUT2D eigenvalue weighted by Crippen LogP contribution is 2.37. The fourth-order valence-electron chi connectivity index (χ4n) is 3.43. The molecule has 1 saturated heterocycles. The molecule has 5 nitrogen and oxygen atoms in total. The summed E-state index contributed by atoms with van der Waals surface area (Å²) < 4.78 is 18.0. The van der Waals surface area contributed by atoms with Gasteiger partial charge >= 0.3 is 0 Å². The number of hydrogen-bond acceptors (Lipinski definition) is 6. The van der Waals surface area contributed by atoms with Gasteiger partial charge in [-0.1, -0.05) is 62.1 Å². The fourth-order valence-corrected chi connectivity index (χ4v) is 4.80. The van der Waals surface area contributed by atoms with Gasteiger partial charge in [0.05, 0.1) is 25.2 Å². The van der Waals surface area contributed by atoms with Gasteiger partial charge in [0, 0.05) is 18.5 Å². The van der Waals surface area contributed by atoms with E-state index in [4.69, 9.17) is 26.4 Å². The first-order chi connectivity index (χ1) is 16.0. The number of rotatable bonds is 11. The molecule has 7 heteroatoms. The van der Waals surface area contributed by atoms with Crippen LogP contribution in [0.1, 0.15) is 50.7 Å². The number of carbonyl (C=O) groups is 1. The van der Waals surface area contributed by atoms with Gasteiger partial charge in [0.25, 0.3) is 5.91 Å². The van der Waals surface area contributed by atoms with Crippen molar-refractivity contribution in [3.63, 3.8) is 0 Å². The zero-order valence-electron chi connectivity index (χ0n) is 19.6. The number of methoxy groups -OCH3 is 1. The predicted octanol–water partition coefficient (Wildman–Crippen LogP) is 6.28. The number of amides is 1. The maximum absolute atomic E-state index is 12.6. The monoisotopic (exact) mass is 485 g/mol. The molecule has 0 bridgehead atoms. The van der Waals surface area contributed by atoms with E-state index in [0.29, 0.717) is 52.8 Å². The number of para-hydroxylation sites is 1. The molecule has 2 aromatic carbocycles. The molecule has 0 aromatic heterocycles. The van der Waals surface area contributed by atoms with Crippen molar-refractivity contribution >= 4 is 40.3 Å². The summed E-state index contributed by atoms with van der Waals surface area (Å²) in [5, 5.41) is 0. The Balaban J connectivity index is 1.60. The largest absolute Gasteiger partial charge is 0.493 e. The highest BCUT2D eigenvalue weighted by atomic mass is 32.2.